The molecule has 0 amide bonds. The third-order valence-electron chi connectivity index (χ3n) is 7.44. The molecule has 3 aliphatic carbocycles. The Morgan fingerprint density at radius 2 is 2.04 bits per heavy atom. The average molecular weight is 409 g/mol. The fourth-order valence-electron chi connectivity index (χ4n) is 5.99. The van der Waals surface area contributed by atoms with E-state index in [1.54, 1.807) is 6.07 Å². The molecule has 4 rings (SSSR count). The Morgan fingerprint density at radius 3 is 2.79 bits per heavy atom. The van der Waals surface area contributed by atoms with Crippen LogP contribution in [-0.2, 0) is 21.3 Å². The first-order valence-electron chi connectivity index (χ1n) is 10.1. The molecule has 2 fully saturated rings. The number of aryl methyl sites for hydroxylation is 1. The molecule has 0 aliphatic heterocycles. The topological polar surface area (TPSA) is 101 Å². The summed E-state index contributed by atoms with van der Waals surface area (Å²) in [5, 5.41) is 10.5. The number of hydrogen-bond acceptors (Lipinski definition) is 5. The number of esters is 1. The molecule has 154 valence electrons. The number of hydrogen-bond donors (Lipinski definition) is 2. The minimum Gasteiger partial charge on any atom is -0.426 e. The first kappa shape index (κ1) is 19.9. The maximum Gasteiger partial charge on any atom is 0.312 e. The van der Waals surface area contributed by atoms with Gasteiger partial charge in [-0.2, -0.15) is 8.42 Å². The summed E-state index contributed by atoms with van der Waals surface area (Å²) in [5.41, 5.74) is 2.59. The minimum absolute atomic E-state index is 0.0567. The predicted octanol–water partition coefficient (Wildman–Crippen LogP) is 3.09. The zero-order valence-electron chi connectivity index (χ0n) is 16.1. The molecule has 0 bridgehead atoms. The van der Waals surface area contributed by atoms with Crippen molar-refractivity contribution in [2.75, 3.05) is 5.75 Å². The van der Waals surface area contributed by atoms with Crippen LogP contribution in [-0.4, -0.2) is 35.9 Å². The Bertz CT molecular complexity index is 879. The molecule has 1 aromatic rings. The number of rotatable bonds is 4. The molecule has 1 aromatic carbocycles. The van der Waals surface area contributed by atoms with Gasteiger partial charge in [-0.05, 0) is 85.0 Å². The van der Waals surface area contributed by atoms with Gasteiger partial charge in [0.2, 0.25) is 0 Å². The van der Waals surface area contributed by atoms with E-state index in [0.29, 0.717) is 23.5 Å². The Morgan fingerprint density at radius 1 is 1.25 bits per heavy atom. The Labute approximate surface area is 166 Å². The van der Waals surface area contributed by atoms with Crippen LogP contribution in [0, 0.1) is 17.3 Å². The molecular weight excluding hydrogens is 380 g/mol. The molecule has 28 heavy (non-hydrogen) atoms. The molecule has 0 radical (unpaired) electrons. The van der Waals surface area contributed by atoms with Crippen LogP contribution in [0.1, 0.15) is 62.5 Å². The van der Waals surface area contributed by atoms with Crippen molar-refractivity contribution >= 4 is 16.1 Å². The van der Waals surface area contributed by atoms with E-state index in [-0.39, 0.29) is 17.9 Å². The van der Waals surface area contributed by atoms with Gasteiger partial charge in [-0.15, -0.1) is 0 Å². The lowest BCUT2D eigenvalue weighted by Gasteiger charge is -2.50. The summed E-state index contributed by atoms with van der Waals surface area (Å²) in [4.78, 5) is 11.8. The zero-order valence-corrected chi connectivity index (χ0v) is 17.0. The number of aliphatic hydroxyl groups is 1. The lowest BCUT2D eigenvalue weighted by Crippen LogP contribution is -2.43. The lowest BCUT2D eigenvalue weighted by atomic mass is 9.55. The molecule has 3 unspecified atom stereocenters. The highest BCUT2D eigenvalue weighted by Crippen LogP contribution is 2.60. The minimum atomic E-state index is -4.17. The van der Waals surface area contributed by atoms with Gasteiger partial charge in [-0.3, -0.25) is 9.35 Å². The SMILES string of the molecule is C[C@]12CCC3c4ccc(OC(=O)CCS(=O)(=O)O)cc4CCC3C1CC[C@@H]2O. The van der Waals surface area contributed by atoms with E-state index >= 15 is 0 Å². The van der Waals surface area contributed by atoms with Crippen molar-refractivity contribution in [3.05, 3.63) is 29.3 Å². The van der Waals surface area contributed by atoms with Gasteiger partial charge in [-0.25, -0.2) is 0 Å². The second-order valence-electron chi connectivity index (χ2n) is 8.92. The maximum atomic E-state index is 11.8. The van der Waals surface area contributed by atoms with Crippen LogP contribution in [0.3, 0.4) is 0 Å². The van der Waals surface area contributed by atoms with Crippen LogP contribution >= 0.6 is 0 Å². The molecule has 2 N–H and O–H groups in total. The van der Waals surface area contributed by atoms with Crippen LogP contribution in [0.15, 0.2) is 18.2 Å². The van der Waals surface area contributed by atoms with Gasteiger partial charge in [-0.1, -0.05) is 13.0 Å². The fourth-order valence-corrected chi connectivity index (χ4v) is 6.41. The van der Waals surface area contributed by atoms with Crippen LogP contribution in [0.5, 0.6) is 5.75 Å². The third kappa shape index (κ3) is 3.60. The van der Waals surface area contributed by atoms with Crippen LogP contribution in [0.4, 0.5) is 0 Å². The lowest BCUT2D eigenvalue weighted by molar-refractivity contribution is -0.133. The number of carbonyl (C=O) groups is 1. The maximum absolute atomic E-state index is 11.8. The van der Waals surface area contributed by atoms with Gasteiger partial charge < -0.3 is 9.84 Å². The smallest absolute Gasteiger partial charge is 0.312 e. The van der Waals surface area contributed by atoms with Gasteiger partial charge in [0.25, 0.3) is 10.1 Å². The van der Waals surface area contributed by atoms with E-state index < -0.39 is 21.8 Å². The van der Waals surface area contributed by atoms with E-state index in [1.165, 1.54) is 11.1 Å². The molecule has 2 saturated carbocycles. The van der Waals surface area contributed by atoms with Crippen molar-refractivity contribution in [3.63, 3.8) is 0 Å². The summed E-state index contributed by atoms with van der Waals surface area (Å²) in [6, 6.07) is 5.73. The summed E-state index contributed by atoms with van der Waals surface area (Å²) in [6.45, 7) is 2.26. The standard InChI is InChI=1S/C21H28O6S/c1-21-10-8-16-15-5-3-14(27-20(23)9-11-28(24,25)26)12-13(15)2-4-17(16)18(21)6-7-19(21)22/h3,5,12,16-19,22H,2,4,6-11H2,1H3,(H,24,25,26)/t16?,17?,18?,19-,21-/m0/s1. The van der Waals surface area contributed by atoms with Crippen molar-refractivity contribution in [1.29, 1.82) is 0 Å². The second kappa shape index (κ2) is 7.11. The summed E-state index contributed by atoms with van der Waals surface area (Å²) in [7, 11) is -4.17. The number of carbonyl (C=O) groups excluding carboxylic acids is 1. The third-order valence-corrected chi connectivity index (χ3v) is 8.16. The fraction of sp³-hybridized carbons (Fsp3) is 0.667. The van der Waals surface area contributed by atoms with Crippen molar-refractivity contribution in [2.24, 2.45) is 17.3 Å². The largest absolute Gasteiger partial charge is 0.426 e. The van der Waals surface area contributed by atoms with Crippen LogP contribution in [0.2, 0.25) is 0 Å². The highest BCUT2D eigenvalue weighted by Gasteiger charge is 2.54. The first-order chi connectivity index (χ1) is 13.2. The Kier molecular flexibility index (Phi) is 5.04. The van der Waals surface area contributed by atoms with E-state index in [0.717, 1.165) is 38.5 Å². The zero-order chi connectivity index (χ0) is 20.1. The molecule has 0 spiro atoms. The number of benzene rings is 1. The van der Waals surface area contributed by atoms with Gasteiger partial charge in [0.1, 0.15) is 5.75 Å². The molecule has 0 heterocycles. The average Bonchev–Trinajstić information content (AvgIpc) is 2.94. The molecular formula is C21H28O6S. The summed E-state index contributed by atoms with van der Waals surface area (Å²) in [5.74, 6) is 0.802. The van der Waals surface area contributed by atoms with Crippen molar-refractivity contribution < 1.29 is 27.6 Å². The summed E-state index contributed by atoms with van der Waals surface area (Å²) in [6.07, 6.45) is 5.61. The van der Waals surface area contributed by atoms with Crippen molar-refractivity contribution in [3.8, 4) is 5.75 Å². The molecule has 5 atom stereocenters. The van der Waals surface area contributed by atoms with E-state index in [2.05, 4.69) is 6.92 Å². The normalized spacial score (nSPS) is 34.2. The van der Waals surface area contributed by atoms with Gasteiger partial charge >= 0.3 is 5.97 Å². The quantitative estimate of drug-likeness (QED) is 0.451. The van der Waals surface area contributed by atoms with Gasteiger partial charge in [0, 0.05) is 0 Å². The summed E-state index contributed by atoms with van der Waals surface area (Å²) < 4.78 is 35.5. The molecule has 6 nitrogen and oxygen atoms in total. The summed E-state index contributed by atoms with van der Waals surface area (Å²) >= 11 is 0. The molecule has 0 aromatic heterocycles. The number of aliphatic hydroxyl groups excluding tert-OH is 1. The number of fused-ring (bicyclic) bond motifs is 5. The highest BCUT2D eigenvalue weighted by atomic mass is 32.2. The first-order valence-corrected chi connectivity index (χ1v) is 11.7. The van der Waals surface area contributed by atoms with E-state index in [1.807, 2.05) is 12.1 Å². The molecule has 7 heteroatoms. The second-order valence-corrected chi connectivity index (χ2v) is 10.5. The van der Waals surface area contributed by atoms with E-state index in [4.69, 9.17) is 9.29 Å². The van der Waals surface area contributed by atoms with Crippen molar-refractivity contribution in [2.45, 2.75) is 63.9 Å². The number of ether oxygens (including phenoxy) is 1. The van der Waals surface area contributed by atoms with E-state index in [9.17, 15) is 18.3 Å². The Hall–Kier alpha value is -1.44. The Balaban J connectivity index is 1.48. The monoisotopic (exact) mass is 408 g/mol. The highest BCUT2D eigenvalue weighted by molar-refractivity contribution is 7.85. The molecule has 3 aliphatic rings. The van der Waals surface area contributed by atoms with Crippen LogP contribution < -0.4 is 4.74 Å². The van der Waals surface area contributed by atoms with Crippen LogP contribution in [0.25, 0.3) is 0 Å². The van der Waals surface area contributed by atoms with Crippen molar-refractivity contribution in [1.82, 2.24) is 0 Å². The van der Waals surface area contributed by atoms with Gasteiger partial charge in [0.05, 0.1) is 18.3 Å². The van der Waals surface area contributed by atoms with Gasteiger partial charge in [0.15, 0.2) is 0 Å². The molecule has 0 saturated heterocycles. The predicted molar refractivity (Wildman–Crippen MR) is 104 cm³/mol.